The molecule has 0 saturated heterocycles. The third-order valence-corrected chi connectivity index (χ3v) is 6.39. The molecule has 0 aromatic heterocycles. The van der Waals surface area contributed by atoms with Gasteiger partial charge in [0.2, 0.25) is 0 Å². The molecule has 0 amide bonds. The predicted octanol–water partition coefficient (Wildman–Crippen LogP) is 4.18. The van der Waals surface area contributed by atoms with E-state index in [0.717, 1.165) is 44.8 Å². The molecule has 1 aromatic carbocycles. The van der Waals surface area contributed by atoms with Gasteiger partial charge < -0.3 is 10.4 Å². The molecule has 2 saturated carbocycles. The van der Waals surface area contributed by atoms with Crippen LogP contribution in [-0.4, -0.2) is 35.1 Å². The molecule has 0 spiro atoms. The van der Waals surface area contributed by atoms with Gasteiger partial charge in [-0.1, -0.05) is 43.5 Å². The summed E-state index contributed by atoms with van der Waals surface area (Å²) >= 11 is 0. The maximum absolute atomic E-state index is 11.1. The summed E-state index contributed by atoms with van der Waals surface area (Å²) in [5, 5.41) is 12.8. The second-order valence-electron chi connectivity index (χ2n) is 8.24. The van der Waals surface area contributed by atoms with Gasteiger partial charge in [-0.15, -0.1) is 0 Å². The zero-order valence-electron chi connectivity index (χ0n) is 16.1. The molecule has 0 atom stereocenters. The van der Waals surface area contributed by atoms with E-state index in [0.29, 0.717) is 6.04 Å². The molecule has 0 heterocycles. The molecule has 0 bridgehead atoms. The van der Waals surface area contributed by atoms with Crippen molar-refractivity contribution < 1.29 is 9.90 Å². The molecule has 0 unspecified atom stereocenters. The first-order valence-electron chi connectivity index (χ1n) is 10.4. The van der Waals surface area contributed by atoms with Gasteiger partial charge in [0.25, 0.3) is 0 Å². The fraction of sp³-hybridized carbons (Fsp3) is 0.682. The minimum Gasteiger partial charge on any atom is -0.481 e. The number of benzene rings is 1. The Labute approximate surface area is 158 Å². The summed E-state index contributed by atoms with van der Waals surface area (Å²) in [5.41, 5.74) is 2.81. The van der Waals surface area contributed by atoms with Gasteiger partial charge in [-0.05, 0) is 56.7 Å². The van der Waals surface area contributed by atoms with Crippen LogP contribution in [-0.2, 0) is 17.9 Å². The number of hydrogen-bond acceptors (Lipinski definition) is 3. The molecule has 0 radical (unpaired) electrons. The van der Waals surface area contributed by atoms with Crippen molar-refractivity contribution in [1.82, 2.24) is 10.2 Å². The molecule has 2 N–H and O–H groups in total. The zero-order valence-corrected chi connectivity index (χ0v) is 16.1. The summed E-state index contributed by atoms with van der Waals surface area (Å²) in [7, 11) is 2.27. The highest BCUT2D eigenvalue weighted by Gasteiger charge is 2.25. The average molecular weight is 359 g/mol. The Morgan fingerprint density at radius 2 is 1.69 bits per heavy atom. The number of carboxylic acid groups (broad SMARTS) is 1. The van der Waals surface area contributed by atoms with Crippen molar-refractivity contribution in [2.45, 2.75) is 83.0 Å². The van der Waals surface area contributed by atoms with Crippen LogP contribution in [0.2, 0.25) is 0 Å². The van der Waals surface area contributed by atoms with Gasteiger partial charge in [-0.2, -0.15) is 0 Å². The van der Waals surface area contributed by atoms with E-state index in [1.807, 2.05) is 0 Å². The number of rotatable bonds is 7. The van der Waals surface area contributed by atoms with Crippen molar-refractivity contribution in [1.29, 1.82) is 0 Å². The summed E-state index contributed by atoms with van der Waals surface area (Å²) in [5.74, 6) is -0.760. The normalized spacial score (nSPS) is 24.7. The highest BCUT2D eigenvalue weighted by Crippen LogP contribution is 2.26. The monoisotopic (exact) mass is 358 g/mol. The van der Waals surface area contributed by atoms with Crippen molar-refractivity contribution in [2.75, 3.05) is 7.05 Å². The summed E-state index contributed by atoms with van der Waals surface area (Å²) in [6.07, 6.45) is 10.4. The van der Waals surface area contributed by atoms with Crippen LogP contribution >= 0.6 is 0 Å². The second kappa shape index (κ2) is 9.52. The van der Waals surface area contributed by atoms with E-state index >= 15 is 0 Å². The summed E-state index contributed by atoms with van der Waals surface area (Å²) < 4.78 is 0. The van der Waals surface area contributed by atoms with E-state index in [9.17, 15) is 4.79 Å². The lowest BCUT2D eigenvalue weighted by molar-refractivity contribution is -0.142. The van der Waals surface area contributed by atoms with Crippen LogP contribution in [0, 0.1) is 5.92 Å². The van der Waals surface area contributed by atoms with Gasteiger partial charge in [0.05, 0.1) is 5.92 Å². The van der Waals surface area contributed by atoms with Crippen molar-refractivity contribution in [2.24, 2.45) is 5.92 Å². The van der Waals surface area contributed by atoms with Gasteiger partial charge in [0.15, 0.2) is 0 Å². The van der Waals surface area contributed by atoms with E-state index < -0.39 is 5.97 Å². The maximum atomic E-state index is 11.1. The van der Waals surface area contributed by atoms with Crippen molar-refractivity contribution in [3.05, 3.63) is 35.4 Å². The van der Waals surface area contributed by atoms with Crippen LogP contribution in [0.15, 0.2) is 24.3 Å². The molecule has 1 aromatic rings. The predicted molar refractivity (Wildman–Crippen MR) is 105 cm³/mol. The molecule has 4 heteroatoms. The Morgan fingerprint density at radius 1 is 1.04 bits per heavy atom. The Hall–Kier alpha value is -1.39. The van der Waals surface area contributed by atoms with Crippen molar-refractivity contribution in [3.8, 4) is 0 Å². The van der Waals surface area contributed by atoms with Crippen LogP contribution in [0.3, 0.4) is 0 Å². The molecular formula is C22H34N2O2. The molecule has 3 rings (SSSR count). The van der Waals surface area contributed by atoms with Crippen LogP contribution in [0.1, 0.15) is 68.9 Å². The lowest BCUT2D eigenvalue weighted by atomic mass is 9.86. The number of aliphatic carboxylic acids is 1. The Bertz CT molecular complexity index is 575. The lowest BCUT2D eigenvalue weighted by Crippen LogP contribution is -2.35. The first kappa shape index (κ1) is 19.4. The maximum Gasteiger partial charge on any atom is 0.306 e. The van der Waals surface area contributed by atoms with Gasteiger partial charge in [0, 0.05) is 25.2 Å². The smallest absolute Gasteiger partial charge is 0.306 e. The molecule has 26 heavy (non-hydrogen) atoms. The van der Waals surface area contributed by atoms with Crippen LogP contribution in [0.4, 0.5) is 0 Å². The SMILES string of the molecule is CN(Cc1ccccc1CNC1CCC(C(=O)O)CC1)C1CCCCC1. The molecule has 4 nitrogen and oxygen atoms in total. The molecule has 0 aliphatic heterocycles. The van der Waals surface area contributed by atoms with Gasteiger partial charge >= 0.3 is 5.97 Å². The Balaban J connectivity index is 1.51. The van der Waals surface area contributed by atoms with Crippen LogP contribution in [0.25, 0.3) is 0 Å². The largest absolute Gasteiger partial charge is 0.481 e. The highest BCUT2D eigenvalue weighted by atomic mass is 16.4. The zero-order chi connectivity index (χ0) is 18.4. The number of carbonyl (C=O) groups is 1. The van der Waals surface area contributed by atoms with Gasteiger partial charge in [-0.25, -0.2) is 0 Å². The van der Waals surface area contributed by atoms with E-state index in [-0.39, 0.29) is 5.92 Å². The van der Waals surface area contributed by atoms with Gasteiger partial charge in [-0.3, -0.25) is 9.69 Å². The number of hydrogen-bond donors (Lipinski definition) is 2. The fourth-order valence-electron chi connectivity index (χ4n) is 4.60. The van der Waals surface area contributed by atoms with E-state index in [1.54, 1.807) is 0 Å². The van der Waals surface area contributed by atoms with E-state index in [2.05, 4.69) is 41.5 Å². The minimum absolute atomic E-state index is 0.135. The number of nitrogens with one attached hydrogen (secondary N) is 1. The fourth-order valence-corrected chi connectivity index (χ4v) is 4.60. The summed E-state index contributed by atoms with van der Waals surface area (Å²) in [6.45, 7) is 1.91. The number of carboxylic acids is 1. The van der Waals surface area contributed by atoms with Crippen LogP contribution < -0.4 is 5.32 Å². The molecular weight excluding hydrogens is 324 g/mol. The standard InChI is InChI=1S/C22H34N2O2/c1-24(21-9-3-2-4-10-21)16-19-8-6-5-7-18(19)15-23-20-13-11-17(12-14-20)22(25)26/h5-8,17,20-21,23H,2-4,9-16H2,1H3,(H,25,26). The summed E-state index contributed by atoms with van der Waals surface area (Å²) in [4.78, 5) is 13.6. The first-order chi connectivity index (χ1) is 12.6. The Morgan fingerprint density at radius 3 is 2.35 bits per heavy atom. The molecule has 144 valence electrons. The van der Waals surface area contributed by atoms with Crippen LogP contribution in [0.5, 0.6) is 0 Å². The Kier molecular flexibility index (Phi) is 7.09. The second-order valence-corrected chi connectivity index (χ2v) is 8.24. The van der Waals surface area contributed by atoms with Crippen molar-refractivity contribution >= 4 is 5.97 Å². The topological polar surface area (TPSA) is 52.6 Å². The average Bonchev–Trinajstić information content (AvgIpc) is 2.68. The van der Waals surface area contributed by atoms with Crippen molar-refractivity contribution in [3.63, 3.8) is 0 Å². The molecule has 2 aliphatic rings. The third kappa shape index (κ3) is 5.31. The first-order valence-corrected chi connectivity index (χ1v) is 10.4. The highest BCUT2D eigenvalue weighted by molar-refractivity contribution is 5.70. The van der Waals surface area contributed by atoms with E-state index in [4.69, 9.17) is 5.11 Å². The number of nitrogens with zero attached hydrogens (tertiary/aromatic N) is 1. The lowest BCUT2D eigenvalue weighted by Gasteiger charge is -2.32. The quantitative estimate of drug-likeness (QED) is 0.767. The minimum atomic E-state index is -0.625. The van der Waals surface area contributed by atoms with E-state index in [1.165, 1.54) is 43.2 Å². The summed E-state index contributed by atoms with van der Waals surface area (Å²) in [6, 6.07) is 9.96. The van der Waals surface area contributed by atoms with Gasteiger partial charge in [0.1, 0.15) is 0 Å². The molecule has 2 fully saturated rings. The third-order valence-electron chi connectivity index (χ3n) is 6.39. The molecule has 2 aliphatic carbocycles.